The monoisotopic (exact) mass is 347 g/mol. The Morgan fingerprint density at radius 2 is 1.64 bits per heavy atom. The van der Waals surface area contributed by atoms with Gasteiger partial charge in [-0.3, -0.25) is 4.79 Å². The van der Waals surface area contributed by atoms with E-state index in [-0.39, 0.29) is 17.2 Å². The van der Waals surface area contributed by atoms with Gasteiger partial charge in [-0.2, -0.15) is 0 Å². The van der Waals surface area contributed by atoms with E-state index in [1.54, 1.807) is 0 Å². The molecule has 0 aliphatic rings. The zero-order valence-electron chi connectivity index (χ0n) is 16.6. The van der Waals surface area contributed by atoms with Crippen LogP contribution in [0.15, 0.2) is 12.1 Å². The highest BCUT2D eigenvalue weighted by molar-refractivity contribution is 5.86. The van der Waals surface area contributed by atoms with Crippen molar-refractivity contribution < 1.29 is 9.59 Å². The molecule has 0 heterocycles. The minimum Gasteiger partial charge on any atom is -0.354 e. The van der Waals surface area contributed by atoms with Crippen molar-refractivity contribution in [3.05, 3.63) is 34.4 Å². The topological polar surface area (TPSA) is 84.2 Å². The lowest BCUT2D eigenvalue weighted by atomic mass is 9.83. The van der Waals surface area contributed by atoms with Gasteiger partial charge >= 0.3 is 6.03 Å². The number of amides is 3. The second-order valence-electron chi connectivity index (χ2n) is 8.11. The highest BCUT2D eigenvalue weighted by Gasteiger charge is 2.23. The van der Waals surface area contributed by atoms with Crippen LogP contribution < -0.4 is 16.4 Å². The average molecular weight is 348 g/mol. The fourth-order valence-corrected chi connectivity index (χ4v) is 2.93. The molecule has 0 aliphatic heterocycles. The van der Waals surface area contributed by atoms with Gasteiger partial charge in [-0.25, -0.2) is 4.79 Å². The Labute approximate surface area is 151 Å². The Hall–Kier alpha value is -2.04. The average Bonchev–Trinajstić information content (AvgIpc) is 2.45. The van der Waals surface area contributed by atoms with Gasteiger partial charge in [-0.05, 0) is 53.9 Å². The summed E-state index contributed by atoms with van der Waals surface area (Å²) in [5.74, 6) is -0.225. The van der Waals surface area contributed by atoms with Crippen LogP contribution in [0.25, 0.3) is 0 Å². The zero-order valence-corrected chi connectivity index (χ0v) is 16.6. The summed E-state index contributed by atoms with van der Waals surface area (Å²) in [5, 5.41) is 5.41. The van der Waals surface area contributed by atoms with Gasteiger partial charge in [0.15, 0.2) is 0 Å². The minimum atomic E-state index is -0.682. The standard InChI is InChI=1S/C20H33N3O2/c1-12(2)17(23-19(21)25)18(24)22-9-8-16-13(3)10-15(11-14(16)4)20(5,6)7/h10-12,17H,8-9H2,1-7H3,(H,22,24)(H3,21,23,25). The molecule has 0 aromatic heterocycles. The van der Waals surface area contributed by atoms with Crippen LogP contribution in [0.2, 0.25) is 0 Å². The third-order valence-electron chi connectivity index (χ3n) is 4.48. The Balaban J connectivity index is 2.76. The summed E-state index contributed by atoms with van der Waals surface area (Å²) in [6, 6.07) is 3.17. The van der Waals surface area contributed by atoms with Gasteiger partial charge < -0.3 is 16.4 Å². The molecule has 0 radical (unpaired) electrons. The first-order chi connectivity index (χ1) is 11.4. The number of hydrogen-bond acceptors (Lipinski definition) is 2. The van der Waals surface area contributed by atoms with Gasteiger partial charge in [0.1, 0.15) is 6.04 Å². The van der Waals surface area contributed by atoms with Crippen LogP contribution in [0.3, 0.4) is 0 Å². The molecule has 0 saturated heterocycles. The van der Waals surface area contributed by atoms with E-state index in [1.165, 1.54) is 22.3 Å². The second kappa shape index (κ2) is 8.37. The van der Waals surface area contributed by atoms with E-state index in [0.717, 1.165) is 6.42 Å². The molecular formula is C20H33N3O2. The molecule has 1 unspecified atom stereocenters. The smallest absolute Gasteiger partial charge is 0.312 e. The second-order valence-corrected chi connectivity index (χ2v) is 8.11. The van der Waals surface area contributed by atoms with Gasteiger partial charge in [-0.15, -0.1) is 0 Å². The minimum absolute atomic E-state index is 0.0259. The fraction of sp³-hybridized carbons (Fsp3) is 0.600. The van der Waals surface area contributed by atoms with Crippen LogP contribution in [-0.4, -0.2) is 24.5 Å². The molecule has 0 spiro atoms. The molecule has 4 N–H and O–H groups in total. The maximum absolute atomic E-state index is 12.3. The molecule has 1 atom stereocenters. The molecule has 140 valence electrons. The third kappa shape index (κ3) is 6.07. The summed E-state index contributed by atoms with van der Waals surface area (Å²) in [6.45, 7) is 15.1. The van der Waals surface area contributed by atoms with Crippen LogP contribution in [0, 0.1) is 19.8 Å². The van der Waals surface area contributed by atoms with Crippen molar-refractivity contribution in [1.82, 2.24) is 10.6 Å². The Morgan fingerprint density at radius 3 is 2.04 bits per heavy atom. The van der Waals surface area contributed by atoms with Crippen molar-refractivity contribution in [3.8, 4) is 0 Å². The number of aryl methyl sites for hydroxylation is 2. The highest BCUT2D eigenvalue weighted by atomic mass is 16.2. The Bertz CT molecular complexity index is 607. The molecule has 5 nitrogen and oxygen atoms in total. The molecular weight excluding hydrogens is 314 g/mol. The van der Waals surface area contributed by atoms with Gasteiger partial charge in [0.2, 0.25) is 5.91 Å². The molecule has 0 aliphatic carbocycles. The zero-order chi connectivity index (χ0) is 19.4. The van der Waals surface area contributed by atoms with E-state index in [4.69, 9.17) is 5.73 Å². The number of urea groups is 1. The molecule has 25 heavy (non-hydrogen) atoms. The van der Waals surface area contributed by atoms with Crippen LogP contribution in [-0.2, 0) is 16.6 Å². The van der Waals surface area contributed by atoms with E-state index in [1.807, 2.05) is 13.8 Å². The van der Waals surface area contributed by atoms with Gasteiger partial charge in [0.05, 0.1) is 0 Å². The molecule has 1 aromatic rings. The van der Waals surface area contributed by atoms with E-state index >= 15 is 0 Å². The van der Waals surface area contributed by atoms with Crippen molar-refractivity contribution >= 4 is 11.9 Å². The normalized spacial score (nSPS) is 12.8. The summed E-state index contributed by atoms with van der Waals surface area (Å²) in [7, 11) is 0. The lowest BCUT2D eigenvalue weighted by Gasteiger charge is -2.23. The molecule has 0 saturated carbocycles. The number of primary amides is 1. The number of rotatable bonds is 6. The van der Waals surface area contributed by atoms with Crippen molar-refractivity contribution in [3.63, 3.8) is 0 Å². The van der Waals surface area contributed by atoms with Gasteiger partial charge in [0.25, 0.3) is 0 Å². The Morgan fingerprint density at radius 1 is 1.12 bits per heavy atom. The summed E-state index contributed by atoms with van der Waals surface area (Å²) < 4.78 is 0. The van der Waals surface area contributed by atoms with Crippen LogP contribution >= 0.6 is 0 Å². The van der Waals surface area contributed by atoms with Crippen molar-refractivity contribution in [2.45, 2.75) is 66.3 Å². The molecule has 0 bridgehead atoms. The highest BCUT2D eigenvalue weighted by Crippen LogP contribution is 2.27. The first-order valence-corrected chi connectivity index (χ1v) is 8.87. The first-order valence-electron chi connectivity index (χ1n) is 8.87. The SMILES string of the molecule is Cc1cc(C(C)(C)C)cc(C)c1CCNC(=O)C(NC(N)=O)C(C)C. The van der Waals surface area contributed by atoms with Crippen LogP contribution in [0.1, 0.15) is 56.9 Å². The number of carbonyl (C=O) groups excluding carboxylic acids is 2. The van der Waals surface area contributed by atoms with E-state index < -0.39 is 12.1 Å². The molecule has 1 aromatic carbocycles. The number of carbonyl (C=O) groups is 2. The number of benzene rings is 1. The summed E-state index contributed by atoms with van der Waals surface area (Å²) >= 11 is 0. The van der Waals surface area contributed by atoms with Crippen LogP contribution in [0.4, 0.5) is 4.79 Å². The first kappa shape index (κ1) is 21.0. The van der Waals surface area contributed by atoms with Gasteiger partial charge in [-0.1, -0.05) is 46.8 Å². The number of nitrogens with one attached hydrogen (secondary N) is 2. The lowest BCUT2D eigenvalue weighted by Crippen LogP contribution is -2.51. The lowest BCUT2D eigenvalue weighted by molar-refractivity contribution is -0.123. The molecule has 5 heteroatoms. The largest absolute Gasteiger partial charge is 0.354 e. The number of hydrogen-bond donors (Lipinski definition) is 3. The van der Waals surface area contributed by atoms with Crippen molar-refractivity contribution in [2.24, 2.45) is 11.7 Å². The summed E-state index contributed by atoms with van der Waals surface area (Å²) in [6.07, 6.45) is 0.759. The fourth-order valence-electron chi connectivity index (χ4n) is 2.93. The quantitative estimate of drug-likeness (QED) is 0.739. The van der Waals surface area contributed by atoms with E-state index in [2.05, 4.69) is 57.4 Å². The third-order valence-corrected chi connectivity index (χ3v) is 4.48. The predicted octanol–water partition coefficient (Wildman–Crippen LogP) is 2.95. The predicted molar refractivity (Wildman–Crippen MR) is 103 cm³/mol. The molecule has 0 fully saturated rings. The molecule has 1 rings (SSSR count). The maximum Gasteiger partial charge on any atom is 0.312 e. The van der Waals surface area contributed by atoms with E-state index in [9.17, 15) is 9.59 Å². The summed E-state index contributed by atoms with van der Waals surface area (Å²) in [5.41, 5.74) is 10.3. The van der Waals surface area contributed by atoms with Gasteiger partial charge in [0, 0.05) is 6.54 Å². The number of nitrogens with two attached hydrogens (primary N) is 1. The maximum atomic E-state index is 12.3. The molecule has 3 amide bonds. The van der Waals surface area contributed by atoms with Crippen molar-refractivity contribution in [1.29, 1.82) is 0 Å². The van der Waals surface area contributed by atoms with Crippen LogP contribution in [0.5, 0.6) is 0 Å². The Kier molecular flexibility index (Phi) is 7.03. The summed E-state index contributed by atoms with van der Waals surface area (Å²) in [4.78, 5) is 23.3. The van der Waals surface area contributed by atoms with E-state index in [0.29, 0.717) is 6.54 Å². The van der Waals surface area contributed by atoms with Crippen molar-refractivity contribution in [2.75, 3.05) is 6.54 Å².